The van der Waals surface area contributed by atoms with Crippen LogP contribution in [0.15, 0.2) is 0 Å². The van der Waals surface area contributed by atoms with Crippen molar-refractivity contribution in [3.63, 3.8) is 0 Å². The Bertz CT molecular complexity index is 210. The first-order chi connectivity index (χ1) is 6.17. The molecule has 0 heterocycles. The molecule has 0 aromatic carbocycles. The fourth-order valence-electron chi connectivity index (χ4n) is 1.74. The van der Waals surface area contributed by atoms with Gasteiger partial charge in [0.25, 0.3) is 0 Å². The monoisotopic (exact) mass is 186 g/mol. The third kappa shape index (κ3) is 2.99. The highest BCUT2D eigenvalue weighted by atomic mass is 19.3. The number of alkyl halides is 2. The van der Waals surface area contributed by atoms with Crippen molar-refractivity contribution >= 4 is 0 Å². The molecule has 0 bridgehead atoms. The molecule has 1 aliphatic rings. The molecule has 0 N–H and O–H groups in total. The minimum absolute atomic E-state index is 0.509. The van der Waals surface area contributed by atoms with Gasteiger partial charge in [-0.25, -0.2) is 0 Å². The van der Waals surface area contributed by atoms with Crippen LogP contribution in [-0.2, 0) is 0 Å². The highest BCUT2D eigenvalue weighted by Gasteiger charge is 2.36. The second kappa shape index (κ2) is 4.60. The van der Waals surface area contributed by atoms with Gasteiger partial charge in [-0.15, -0.1) is 0 Å². The van der Waals surface area contributed by atoms with E-state index in [9.17, 15) is 8.78 Å². The highest BCUT2D eigenvalue weighted by Crippen LogP contribution is 2.33. The molecule has 2 heteroatoms. The van der Waals surface area contributed by atoms with Gasteiger partial charge in [0, 0.05) is 12.3 Å². The van der Waals surface area contributed by atoms with Crippen molar-refractivity contribution in [2.24, 2.45) is 5.92 Å². The zero-order valence-corrected chi connectivity index (χ0v) is 8.08. The third-order valence-electron chi connectivity index (χ3n) is 2.51. The van der Waals surface area contributed by atoms with E-state index in [0.717, 1.165) is 19.3 Å². The zero-order valence-electron chi connectivity index (χ0n) is 8.08. The lowest BCUT2D eigenvalue weighted by Gasteiger charge is -2.23. The highest BCUT2D eigenvalue weighted by molar-refractivity contribution is 5.12. The number of halogens is 2. The van der Waals surface area contributed by atoms with Crippen LogP contribution in [0, 0.1) is 17.8 Å². The summed E-state index contributed by atoms with van der Waals surface area (Å²) in [6, 6.07) is 0. The zero-order chi connectivity index (χ0) is 9.73. The first kappa shape index (κ1) is 10.5. The van der Waals surface area contributed by atoms with Crippen molar-refractivity contribution in [2.75, 3.05) is 0 Å². The summed E-state index contributed by atoms with van der Waals surface area (Å²) in [5.74, 6) is 1.43. The lowest BCUT2D eigenvalue weighted by Crippen LogP contribution is -2.27. The standard InChI is InChI=1S/C11H16F2/c1-2-7-10-8-5-3-4-6-9-11(10,12)13/h10H,2-5,7-8H2,1H3. The molecule has 0 amide bonds. The van der Waals surface area contributed by atoms with E-state index < -0.39 is 11.8 Å². The van der Waals surface area contributed by atoms with Gasteiger partial charge in [-0.3, -0.25) is 0 Å². The van der Waals surface area contributed by atoms with Gasteiger partial charge in [-0.2, -0.15) is 8.78 Å². The molecule has 0 aliphatic heterocycles. The summed E-state index contributed by atoms with van der Waals surface area (Å²) in [5, 5.41) is 0. The van der Waals surface area contributed by atoms with Crippen LogP contribution in [0.25, 0.3) is 0 Å². The Morgan fingerprint density at radius 1 is 1.38 bits per heavy atom. The van der Waals surface area contributed by atoms with E-state index in [1.807, 2.05) is 6.92 Å². The molecule has 0 nitrogen and oxygen atoms in total. The van der Waals surface area contributed by atoms with E-state index in [1.54, 1.807) is 0 Å². The third-order valence-corrected chi connectivity index (χ3v) is 2.51. The van der Waals surface area contributed by atoms with Crippen LogP contribution < -0.4 is 0 Å². The van der Waals surface area contributed by atoms with Crippen molar-refractivity contribution in [1.82, 2.24) is 0 Å². The van der Waals surface area contributed by atoms with Gasteiger partial charge in [0.15, 0.2) is 0 Å². The molecular weight excluding hydrogens is 170 g/mol. The van der Waals surface area contributed by atoms with E-state index in [1.165, 1.54) is 0 Å². The van der Waals surface area contributed by atoms with Crippen molar-refractivity contribution in [1.29, 1.82) is 0 Å². The average Bonchev–Trinajstić information content (AvgIpc) is 2.06. The molecule has 0 radical (unpaired) electrons. The average molecular weight is 186 g/mol. The molecule has 1 unspecified atom stereocenters. The molecule has 0 spiro atoms. The summed E-state index contributed by atoms with van der Waals surface area (Å²) < 4.78 is 26.6. The van der Waals surface area contributed by atoms with Crippen LogP contribution in [0.1, 0.15) is 45.4 Å². The fourth-order valence-corrected chi connectivity index (χ4v) is 1.74. The van der Waals surface area contributed by atoms with E-state index in [0.29, 0.717) is 19.3 Å². The molecule has 13 heavy (non-hydrogen) atoms. The Kier molecular flexibility index (Phi) is 3.71. The summed E-state index contributed by atoms with van der Waals surface area (Å²) in [5.41, 5.74) is 0. The smallest absolute Gasteiger partial charge is 0.192 e. The Hall–Kier alpha value is -0.580. The van der Waals surface area contributed by atoms with E-state index in [-0.39, 0.29) is 0 Å². The normalized spacial score (nSPS) is 26.8. The van der Waals surface area contributed by atoms with Gasteiger partial charge in [0.1, 0.15) is 0 Å². The second-order valence-electron chi connectivity index (χ2n) is 3.66. The van der Waals surface area contributed by atoms with Crippen LogP contribution in [0.4, 0.5) is 8.78 Å². The SMILES string of the molecule is CCCC1CCCCC#CC1(F)F. The van der Waals surface area contributed by atoms with Crippen LogP contribution in [0.5, 0.6) is 0 Å². The van der Waals surface area contributed by atoms with E-state index in [2.05, 4.69) is 11.8 Å². The molecule has 0 aromatic rings. The van der Waals surface area contributed by atoms with E-state index >= 15 is 0 Å². The predicted octanol–water partition coefficient (Wildman–Crippen LogP) is 3.62. The maximum atomic E-state index is 13.3. The molecule has 1 rings (SSSR count). The lowest BCUT2D eigenvalue weighted by atomic mass is 9.89. The number of rotatable bonds is 2. The Balaban J connectivity index is 2.69. The fraction of sp³-hybridized carbons (Fsp3) is 0.818. The van der Waals surface area contributed by atoms with Crippen LogP contribution in [-0.4, -0.2) is 5.92 Å². The van der Waals surface area contributed by atoms with Crippen molar-refractivity contribution in [3.05, 3.63) is 0 Å². The maximum Gasteiger partial charge on any atom is 0.310 e. The van der Waals surface area contributed by atoms with E-state index in [4.69, 9.17) is 0 Å². The Morgan fingerprint density at radius 2 is 2.15 bits per heavy atom. The molecule has 0 fully saturated rings. The van der Waals surface area contributed by atoms with Crippen LogP contribution in [0.2, 0.25) is 0 Å². The van der Waals surface area contributed by atoms with Gasteiger partial charge in [-0.05, 0) is 25.2 Å². The summed E-state index contributed by atoms with van der Waals surface area (Å²) >= 11 is 0. The first-order valence-electron chi connectivity index (χ1n) is 5.04. The van der Waals surface area contributed by atoms with Gasteiger partial charge in [0.05, 0.1) is 0 Å². The summed E-state index contributed by atoms with van der Waals surface area (Å²) in [7, 11) is 0. The number of hydrogen-bond acceptors (Lipinski definition) is 0. The Morgan fingerprint density at radius 3 is 2.85 bits per heavy atom. The molecule has 0 saturated carbocycles. The second-order valence-corrected chi connectivity index (χ2v) is 3.66. The molecular formula is C11H16F2. The lowest BCUT2D eigenvalue weighted by molar-refractivity contribution is -0.00854. The molecule has 74 valence electrons. The van der Waals surface area contributed by atoms with Crippen molar-refractivity contribution < 1.29 is 8.78 Å². The van der Waals surface area contributed by atoms with Gasteiger partial charge in [-0.1, -0.05) is 25.7 Å². The van der Waals surface area contributed by atoms with Gasteiger partial charge in [0.2, 0.25) is 0 Å². The minimum Gasteiger partial charge on any atom is -0.192 e. The van der Waals surface area contributed by atoms with Crippen molar-refractivity contribution in [3.8, 4) is 11.8 Å². The largest absolute Gasteiger partial charge is 0.310 e. The molecule has 1 aliphatic carbocycles. The summed E-state index contributed by atoms with van der Waals surface area (Å²) in [6.45, 7) is 1.95. The Labute approximate surface area is 78.7 Å². The van der Waals surface area contributed by atoms with Crippen LogP contribution in [0.3, 0.4) is 0 Å². The summed E-state index contributed by atoms with van der Waals surface area (Å²) in [6.07, 6.45) is 4.56. The van der Waals surface area contributed by atoms with Crippen LogP contribution >= 0.6 is 0 Å². The predicted molar refractivity (Wildman–Crippen MR) is 49.6 cm³/mol. The van der Waals surface area contributed by atoms with Gasteiger partial charge < -0.3 is 0 Å². The quantitative estimate of drug-likeness (QED) is 0.578. The molecule has 0 saturated heterocycles. The van der Waals surface area contributed by atoms with Gasteiger partial charge >= 0.3 is 5.92 Å². The molecule has 1 atom stereocenters. The van der Waals surface area contributed by atoms with Crippen molar-refractivity contribution in [2.45, 2.75) is 51.4 Å². The first-order valence-corrected chi connectivity index (χ1v) is 5.04. The minimum atomic E-state index is -2.74. The molecule has 0 aromatic heterocycles. The topological polar surface area (TPSA) is 0 Å². The summed E-state index contributed by atoms with van der Waals surface area (Å²) in [4.78, 5) is 0. The number of hydrogen-bond donors (Lipinski definition) is 0. The maximum absolute atomic E-state index is 13.3.